The number of hydrogen-bond acceptors (Lipinski definition) is 8. The topological polar surface area (TPSA) is 96.0 Å². The number of aryl methyl sites for hydroxylation is 2. The Hall–Kier alpha value is -4.07. The molecule has 1 aliphatic heterocycles. The van der Waals surface area contributed by atoms with Crippen LogP contribution < -0.4 is 14.8 Å². The van der Waals surface area contributed by atoms with Crippen molar-refractivity contribution in [2.24, 2.45) is 0 Å². The molecular weight excluding hydrogens is 496 g/mol. The van der Waals surface area contributed by atoms with Crippen molar-refractivity contribution in [3.63, 3.8) is 0 Å². The van der Waals surface area contributed by atoms with E-state index in [2.05, 4.69) is 22.4 Å². The second-order valence-electron chi connectivity index (χ2n) is 10.4. The number of methoxy groups -OCH3 is 1. The smallest absolute Gasteiger partial charge is 0.360 e. The Kier molecular flexibility index (Phi) is 9.07. The zero-order chi connectivity index (χ0) is 27.8. The molecule has 0 aliphatic carbocycles. The molecule has 0 saturated heterocycles. The van der Waals surface area contributed by atoms with Gasteiger partial charge in [-0.15, -0.1) is 0 Å². The molecule has 2 heterocycles. The van der Waals surface area contributed by atoms with Crippen LogP contribution in [0.2, 0.25) is 0 Å². The number of nitrogens with zero attached hydrogens (tertiary/aromatic N) is 1. The molecule has 206 valence electrons. The van der Waals surface area contributed by atoms with Gasteiger partial charge in [-0.2, -0.15) is 0 Å². The Balaban J connectivity index is 1.31. The highest BCUT2D eigenvalue weighted by Gasteiger charge is 2.19. The van der Waals surface area contributed by atoms with Crippen LogP contribution in [0.15, 0.2) is 54.6 Å². The monoisotopic (exact) mass is 532 g/mol. The first-order chi connectivity index (χ1) is 18.7. The Morgan fingerprint density at radius 2 is 1.74 bits per heavy atom. The third-order valence-corrected chi connectivity index (χ3v) is 6.15. The van der Waals surface area contributed by atoms with Gasteiger partial charge >= 0.3 is 11.9 Å². The number of anilines is 1. The summed E-state index contributed by atoms with van der Waals surface area (Å²) < 4.78 is 21.9. The van der Waals surface area contributed by atoms with Crippen molar-refractivity contribution in [3.05, 3.63) is 71.4 Å². The van der Waals surface area contributed by atoms with Crippen molar-refractivity contribution < 1.29 is 28.5 Å². The lowest BCUT2D eigenvalue weighted by molar-refractivity contribution is -0.154. The molecule has 1 aromatic heterocycles. The summed E-state index contributed by atoms with van der Waals surface area (Å²) >= 11 is 0. The molecule has 0 radical (unpaired) electrons. The van der Waals surface area contributed by atoms with Crippen LogP contribution in [0.25, 0.3) is 11.3 Å². The first-order valence-electron chi connectivity index (χ1n) is 13.2. The second-order valence-corrected chi connectivity index (χ2v) is 10.4. The minimum atomic E-state index is -0.564. The van der Waals surface area contributed by atoms with E-state index in [9.17, 15) is 9.59 Å². The number of esters is 2. The van der Waals surface area contributed by atoms with E-state index in [1.807, 2.05) is 57.2 Å². The van der Waals surface area contributed by atoms with E-state index < -0.39 is 11.6 Å². The summed E-state index contributed by atoms with van der Waals surface area (Å²) in [7, 11) is 1.32. The maximum atomic E-state index is 12.5. The zero-order valence-corrected chi connectivity index (χ0v) is 23.0. The molecule has 8 nitrogen and oxygen atoms in total. The van der Waals surface area contributed by atoms with Gasteiger partial charge in [0.25, 0.3) is 0 Å². The van der Waals surface area contributed by atoms with Crippen molar-refractivity contribution in [3.8, 4) is 22.8 Å². The van der Waals surface area contributed by atoms with E-state index in [0.29, 0.717) is 30.0 Å². The van der Waals surface area contributed by atoms with E-state index in [0.717, 1.165) is 36.2 Å². The van der Waals surface area contributed by atoms with Crippen LogP contribution in [-0.4, -0.2) is 49.4 Å². The minimum Gasteiger partial charge on any atom is -0.490 e. The van der Waals surface area contributed by atoms with E-state index in [1.165, 1.54) is 12.7 Å². The molecule has 3 aromatic rings. The summed E-state index contributed by atoms with van der Waals surface area (Å²) in [6.45, 7) is 7.01. The third-order valence-electron chi connectivity index (χ3n) is 6.15. The molecule has 0 saturated carbocycles. The number of aromatic nitrogens is 1. The number of hydrogen-bond donors (Lipinski definition) is 1. The van der Waals surface area contributed by atoms with Gasteiger partial charge < -0.3 is 24.3 Å². The van der Waals surface area contributed by atoms with Crippen molar-refractivity contribution in [2.75, 3.05) is 32.2 Å². The Morgan fingerprint density at radius 3 is 2.49 bits per heavy atom. The van der Waals surface area contributed by atoms with Crippen molar-refractivity contribution in [2.45, 2.75) is 52.1 Å². The lowest BCUT2D eigenvalue weighted by atomic mass is 10.00. The molecular formula is C31H36N2O6. The van der Waals surface area contributed by atoms with Gasteiger partial charge in [-0.1, -0.05) is 24.3 Å². The first-order valence-corrected chi connectivity index (χ1v) is 13.2. The third kappa shape index (κ3) is 7.96. The van der Waals surface area contributed by atoms with Crippen LogP contribution in [0.3, 0.4) is 0 Å². The van der Waals surface area contributed by atoms with Crippen molar-refractivity contribution in [1.29, 1.82) is 0 Å². The lowest BCUT2D eigenvalue weighted by Crippen LogP contribution is -2.23. The molecule has 0 unspecified atom stereocenters. The molecule has 0 atom stereocenters. The van der Waals surface area contributed by atoms with Crippen LogP contribution in [0.5, 0.6) is 11.5 Å². The summed E-state index contributed by atoms with van der Waals surface area (Å²) in [5, 5.41) is 3.42. The van der Waals surface area contributed by atoms with Crippen molar-refractivity contribution in [1.82, 2.24) is 4.98 Å². The standard InChI is InChI=1S/C31H36N2O6/c1-31(2,3)39-28(34)16-9-21-7-12-24(13-8-21)37-18-19-38-27-15-14-25(33-29(27)30(35)36-4)23-11-10-22-6-5-17-32-26(22)20-23/h7-8,10-15,20,32H,5-6,9,16-19H2,1-4H3. The molecule has 0 amide bonds. The highest BCUT2D eigenvalue weighted by atomic mass is 16.6. The molecule has 0 bridgehead atoms. The maximum absolute atomic E-state index is 12.5. The van der Waals surface area contributed by atoms with E-state index in [4.69, 9.17) is 18.9 Å². The van der Waals surface area contributed by atoms with Crippen molar-refractivity contribution >= 4 is 17.6 Å². The van der Waals surface area contributed by atoms with E-state index >= 15 is 0 Å². The molecule has 39 heavy (non-hydrogen) atoms. The first kappa shape index (κ1) is 28.0. The summed E-state index contributed by atoms with van der Waals surface area (Å²) in [5.41, 5.74) is 4.63. The van der Waals surface area contributed by atoms with Gasteiger partial charge in [0.1, 0.15) is 24.6 Å². The van der Waals surface area contributed by atoms with Gasteiger partial charge in [-0.3, -0.25) is 4.79 Å². The molecule has 4 rings (SSSR count). The number of nitrogens with one attached hydrogen (secondary N) is 1. The van der Waals surface area contributed by atoms with Gasteiger partial charge in [-0.25, -0.2) is 9.78 Å². The highest BCUT2D eigenvalue weighted by molar-refractivity contribution is 5.91. The molecule has 1 aliphatic rings. The van der Waals surface area contributed by atoms with Gasteiger partial charge in [0.05, 0.1) is 12.8 Å². The number of pyridine rings is 1. The van der Waals surface area contributed by atoms with Gasteiger partial charge in [-0.05, 0) is 81.5 Å². The summed E-state index contributed by atoms with van der Waals surface area (Å²) in [5.74, 6) is 0.240. The van der Waals surface area contributed by atoms with Crippen LogP contribution in [-0.2, 0) is 27.1 Å². The van der Waals surface area contributed by atoms with Crippen LogP contribution >= 0.6 is 0 Å². The van der Waals surface area contributed by atoms with Gasteiger partial charge in [0, 0.05) is 24.2 Å². The fraction of sp³-hybridized carbons (Fsp3) is 0.387. The molecule has 1 N–H and O–H groups in total. The average molecular weight is 533 g/mol. The Bertz CT molecular complexity index is 1300. The maximum Gasteiger partial charge on any atom is 0.360 e. The van der Waals surface area contributed by atoms with E-state index in [1.54, 1.807) is 6.07 Å². The van der Waals surface area contributed by atoms with E-state index in [-0.39, 0.29) is 24.9 Å². The Labute approximate surface area is 229 Å². The number of carbonyl (C=O) groups excluding carboxylic acids is 2. The predicted octanol–water partition coefficient (Wildman–Crippen LogP) is 5.63. The van der Waals surface area contributed by atoms with Gasteiger partial charge in [0.15, 0.2) is 11.4 Å². The molecule has 8 heteroatoms. The predicted molar refractivity (Wildman–Crippen MR) is 149 cm³/mol. The quantitative estimate of drug-likeness (QED) is 0.265. The molecule has 0 fully saturated rings. The number of ether oxygens (including phenoxy) is 4. The number of fused-ring (bicyclic) bond motifs is 1. The average Bonchev–Trinajstić information content (AvgIpc) is 2.93. The number of carbonyl (C=O) groups is 2. The summed E-state index contributed by atoms with van der Waals surface area (Å²) in [4.78, 5) is 28.9. The fourth-order valence-electron chi connectivity index (χ4n) is 4.29. The van der Waals surface area contributed by atoms with Crippen LogP contribution in [0.4, 0.5) is 5.69 Å². The molecule has 0 spiro atoms. The minimum absolute atomic E-state index is 0.120. The summed E-state index contributed by atoms with van der Waals surface area (Å²) in [6, 6.07) is 17.3. The van der Waals surface area contributed by atoms with Gasteiger partial charge in [0.2, 0.25) is 0 Å². The molecule has 2 aromatic carbocycles. The largest absolute Gasteiger partial charge is 0.490 e. The number of rotatable bonds is 10. The van der Waals surface area contributed by atoms with Crippen LogP contribution in [0.1, 0.15) is 55.2 Å². The zero-order valence-electron chi connectivity index (χ0n) is 23.0. The SMILES string of the molecule is COC(=O)c1nc(-c2ccc3c(c2)NCCC3)ccc1OCCOc1ccc(CCC(=O)OC(C)(C)C)cc1. The van der Waals surface area contributed by atoms with Crippen LogP contribution in [0, 0.1) is 0 Å². The normalized spacial score (nSPS) is 12.6. The summed E-state index contributed by atoms with van der Waals surface area (Å²) in [6.07, 6.45) is 3.09. The lowest BCUT2D eigenvalue weighted by Gasteiger charge is -2.19. The highest BCUT2D eigenvalue weighted by Crippen LogP contribution is 2.30. The number of benzene rings is 2. The fourth-order valence-corrected chi connectivity index (χ4v) is 4.29. The Morgan fingerprint density at radius 1 is 0.974 bits per heavy atom. The second kappa shape index (κ2) is 12.7.